The Labute approximate surface area is 89.5 Å². The van der Waals surface area contributed by atoms with Crippen molar-refractivity contribution < 1.29 is 0 Å². The fourth-order valence-corrected chi connectivity index (χ4v) is 2.15. The lowest BCUT2D eigenvalue weighted by atomic mass is 9.87. The summed E-state index contributed by atoms with van der Waals surface area (Å²) in [5.41, 5.74) is 1.43. The van der Waals surface area contributed by atoms with Crippen LogP contribution in [-0.2, 0) is 0 Å². The molecule has 2 atom stereocenters. The fourth-order valence-electron chi connectivity index (χ4n) is 1.50. The molecule has 0 aliphatic rings. The molecule has 13 heavy (non-hydrogen) atoms. The van der Waals surface area contributed by atoms with E-state index in [1.54, 1.807) is 0 Å². The van der Waals surface area contributed by atoms with E-state index in [0.29, 0.717) is 5.92 Å². The van der Waals surface area contributed by atoms with Crippen LogP contribution < -0.4 is 0 Å². The SMILES string of the molecule is CCC(C)C(C)c1ccccc1Br. The first-order valence-corrected chi connectivity index (χ1v) is 5.70. The van der Waals surface area contributed by atoms with Gasteiger partial charge >= 0.3 is 0 Å². The van der Waals surface area contributed by atoms with Gasteiger partial charge < -0.3 is 0 Å². The zero-order valence-electron chi connectivity index (χ0n) is 8.55. The number of rotatable bonds is 3. The topological polar surface area (TPSA) is 0 Å². The van der Waals surface area contributed by atoms with Crippen molar-refractivity contribution in [1.29, 1.82) is 0 Å². The van der Waals surface area contributed by atoms with Crippen molar-refractivity contribution in [1.82, 2.24) is 0 Å². The summed E-state index contributed by atoms with van der Waals surface area (Å²) in [4.78, 5) is 0. The van der Waals surface area contributed by atoms with Crippen LogP contribution in [0.5, 0.6) is 0 Å². The average molecular weight is 241 g/mol. The lowest BCUT2D eigenvalue weighted by Crippen LogP contribution is -2.05. The monoisotopic (exact) mass is 240 g/mol. The summed E-state index contributed by atoms with van der Waals surface area (Å²) < 4.78 is 1.24. The van der Waals surface area contributed by atoms with Gasteiger partial charge in [-0.15, -0.1) is 0 Å². The van der Waals surface area contributed by atoms with Gasteiger partial charge in [-0.2, -0.15) is 0 Å². The first-order valence-electron chi connectivity index (χ1n) is 4.91. The lowest BCUT2D eigenvalue weighted by Gasteiger charge is -2.19. The summed E-state index contributed by atoms with van der Waals surface area (Å²) in [5, 5.41) is 0. The van der Waals surface area contributed by atoms with Crippen LogP contribution in [0.2, 0.25) is 0 Å². The van der Waals surface area contributed by atoms with Crippen molar-refractivity contribution in [3.8, 4) is 0 Å². The molecule has 72 valence electrons. The van der Waals surface area contributed by atoms with Crippen LogP contribution in [0.25, 0.3) is 0 Å². The van der Waals surface area contributed by atoms with Crippen LogP contribution >= 0.6 is 15.9 Å². The lowest BCUT2D eigenvalue weighted by molar-refractivity contribution is 0.472. The maximum absolute atomic E-state index is 3.59. The second-order valence-corrected chi connectivity index (χ2v) is 4.55. The molecule has 0 saturated heterocycles. The van der Waals surface area contributed by atoms with E-state index in [2.05, 4.69) is 61.0 Å². The quantitative estimate of drug-likeness (QED) is 0.725. The molecule has 0 aromatic heterocycles. The summed E-state index contributed by atoms with van der Waals surface area (Å²) in [6.07, 6.45) is 1.24. The zero-order chi connectivity index (χ0) is 9.84. The van der Waals surface area contributed by atoms with Gasteiger partial charge in [-0.05, 0) is 23.5 Å². The highest BCUT2D eigenvalue weighted by atomic mass is 79.9. The molecule has 1 rings (SSSR count). The standard InChI is InChI=1S/C12H17Br/c1-4-9(2)10(3)11-7-5-6-8-12(11)13/h5-10H,4H2,1-3H3. The van der Waals surface area contributed by atoms with Crippen LogP contribution in [0.15, 0.2) is 28.7 Å². The molecule has 0 aliphatic heterocycles. The molecule has 1 aromatic carbocycles. The maximum Gasteiger partial charge on any atom is 0.0210 e. The molecule has 1 heteroatoms. The van der Waals surface area contributed by atoms with E-state index in [9.17, 15) is 0 Å². The van der Waals surface area contributed by atoms with Crippen molar-refractivity contribution in [3.05, 3.63) is 34.3 Å². The van der Waals surface area contributed by atoms with Crippen molar-refractivity contribution in [2.75, 3.05) is 0 Å². The molecule has 1 aromatic rings. The third-order valence-electron chi connectivity index (χ3n) is 2.89. The van der Waals surface area contributed by atoms with Gasteiger partial charge in [-0.25, -0.2) is 0 Å². The van der Waals surface area contributed by atoms with Gasteiger partial charge in [0.1, 0.15) is 0 Å². The molecule has 0 nitrogen and oxygen atoms in total. The normalized spacial score (nSPS) is 15.4. The van der Waals surface area contributed by atoms with Gasteiger partial charge in [0, 0.05) is 4.47 Å². The Morgan fingerprint density at radius 3 is 2.38 bits per heavy atom. The van der Waals surface area contributed by atoms with Crippen molar-refractivity contribution in [2.45, 2.75) is 33.1 Å². The highest BCUT2D eigenvalue weighted by Crippen LogP contribution is 2.31. The minimum absolute atomic E-state index is 0.639. The zero-order valence-corrected chi connectivity index (χ0v) is 10.1. The van der Waals surface area contributed by atoms with Crippen LogP contribution in [0.3, 0.4) is 0 Å². The maximum atomic E-state index is 3.59. The Hall–Kier alpha value is -0.300. The number of hydrogen-bond acceptors (Lipinski definition) is 0. The number of hydrogen-bond donors (Lipinski definition) is 0. The second-order valence-electron chi connectivity index (χ2n) is 3.70. The summed E-state index contributed by atoms with van der Waals surface area (Å²) in [7, 11) is 0. The van der Waals surface area contributed by atoms with E-state index in [4.69, 9.17) is 0 Å². The van der Waals surface area contributed by atoms with E-state index >= 15 is 0 Å². The Morgan fingerprint density at radius 2 is 1.85 bits per heavy atom. The van der Waals surface area contributed by atoms with Crippen molar-refractivity contribution in [2.24, 2.45) is 5.92 Å². The number of benzene rings is 1. The molecule has 0 saturated carbocycles. The van der Waals surface area contributed by atoms with Gasteiger partial charge in [0.15, 0.2) is 0 Å². The van der Waals surface area contributed by atoms with E-state index in [0.717, 1.165) is 5.92 Å². The molecule has 0 heterocycles. The first kappa shape index (κ1) is 10.8. The van der Waals surface area contributed by atoms with Gasteiger partial charge in [-0.1, -0.05) is 61.3 Å². The minimum Gasteiger partial charge on any atom is -0.0651 e. The molecule has 0 spiro atoms. The van der Waals surface area contributed by atoms with Crippen LogP contribution in [0.4, 0.5) is 0 Å². The van der Waals surface area contributed by atoms with Gasteiger partial charge in [0.25, 0.3) is 0 Å². The molecule has 0 N–H and O–H groups in total. The van der Waals surface area contributed by atoms with Crippen LogP contribution in [0.1, 0.15) is 38.7 Å². The molecular formula is C12H17Br. The Morgan fingerprint density at radius 1 is 1.23 bits per heavy atom. The second kappa shape index (κ2) is 4.80. The van der Waals surface area contributed by atoms with Crippen molar-refractivity contribution >= 4 is 15.9 Å². The van der Waals surface area contributed by atoms with Crippen molar-refractivity contribution in [3.63, 3.8) is 0 Å². The predicted molar refractivity (Wildman–Crippen MR) is 62.0 cm³/mol. The summed E-state index contributed by atoms with van der Waals surface area (Å²) in [6.45, 7) is 6.86. The molecule has 2 unspecified atom stereocenters. The van der Waals surface area contributed by atoms with Crippen LogP contribution in [-0.4, -0.2) is 0 Å². The smallest absolute Gasteiger partial charge is 0.0210 e. The molecule has 0 radical (unpaired) electrons. The van der Waals surface area contributed by atoms with E-state index < -0.39 is 0 Å². The van der Waals surface area contributed by atoms with Crippen LogP contribution in [0, 0.1) is 5.92 Å². The fraction of sp³-hybridized carbons (Fsp3) is 0.500. The predicted octanol–water partition coefficient (Wildman–Crippen LogP) is 4.60. The van der Waals surface area contributed by atoms with E-state index in [1.807, 2.05) is 0 Å². The molecule has 0 fully saturated rings. The van der Waals surface area contributed by atoms with Gasteiger partial charge in [-0.3, -0.25) is 0 Å². The Balaban J connectivity index is 2.88. The molecule has 0 amide bonds. The summed E-state index contributed by atoms with van der Waals surface area (Å²) >= 11 is 3.59. The van der Waals surface area contributed by atoms with Gasteiger partial charge in [0.2, 0.25) is 0 Å². The highest BCUT2D eigenvalue weighted by Gasteiger charge is 2.14. The third-order valence-corrected chi connectivity index (χ3v) is 3.62. The largest absolute Gasteiger partial charge is 0.0651 e. The molecule has 0 bridgehead atoms. The average Bonchev–Trinajstić information content (AvgIpc) is 2.16. The number of halogens is 1. The summed E-state index contributed by atoms with van der Waals surface area (Å²) in [5.74, 6) is 1.39. The summed E-state index contributed by atoms with van der Waals surface area (Å²) in [6, 6.07) is 8.50. The Bertz CT molecular complexity index is 268. The Kier molecular flexibility index (Phi) is 3.98. The first-order chi connectivity index (χ1) is 6.16. The molecular weight excluding hydrogens is 224 g/mol. The molecule has 0 aliphatic carbocycles. The third kappa shape index (κ3) is 2.57. The van der Waals surface area contributed by atoms with Gasteiger partial charge in [0.05, 0.1) is 0 Å². The van der Waals surface area contributed by atoms with E-state index in [1.165, 1.54) is 16.5 Å². The van der Waals surface area contributed by atoms with E-state index in [-0.39, 0.29) is 0 Å². The highest BCUT2D eigenvalue weighted by molar-refractivity contribution is 9.10. The minimum atomic E-state index is 0.639.